The smallest absolute Gasteiger partial charge is 0.225 e. The summed E-state index contributed by atoms with van der Waals surface area (Å²) in [4.78, 5) is 24.2. The lowest BCUT2D eigenvalue weighted by Gasteiger charge is -2.38. The van der Waals surface area contributed by atoms with E-state index >= 15 is 0 Å². The first-order valence-electron chi connectivity index (χ1n) is 10.4. The monoisotopic (exact) mass is 378 g/mol. The van der Waals surface area contributed by atoms with Gasteiger partial charge in [0.15, 0.2) is 0 Å². The summed E-state index contributed by atoms with van der Waals surface area (Å²) in [5.74, 6) is 0.575. The van der Waals surface area contributed by atoms with Crippen molar-refractivity contribution in [3.63, 3.8) is 0 Å². The molecule has 3 heterocycles. The number of amides is 1. The van der Waals surface area contributed by atoms with E-state index in [1.165, 1.54) is 11.1 Å². The van der Waals surface area contributed by atoms with Gasteiger partial charge in [0.05, 0.1) is 0 Å². The van der Waals surface area contributed by atoms with Crippen LogP contribution < -0.4 is 0 Å². The van der Waals surface area contributed by atoms with Gasteiger partial charge in [-0.1, -0.05) is 36.4 Å². The number of rotatable bonds is 5. The summed E-state index contributed by atoms with van der Waals surface area (Å²) in [7, 11) is 0. The fourth-order valence-corrected chi connectivity index (χ4v) is 4.31. The van der Waals surface area contributed by atoms with Crippen molar-refractivity contribution in [3.05, 3.63) is 66.0 Å². The molecule has 148 valence electrons. The number of benzene rings is 1. The normalized spacial score (nSPS) is 19.6. The maximum Gasteiger partial charge on any atom is 0.225 e. The van der Waals surface area contributed by atoms with Crippen molar-refractivity contribution in [3.8, 4) is 0 Å². The number of nitrogens with zero attached hydrogens (tertiary/aromatic N) is 4. The molecule has 0 radical (unpaired) electrons. The highest BCUT2D eigenvalue weighted by Crippen LogP contribution is 2.22. The van der Waals surface area contributed by atoms with Crippen LogP contribution in [0.1, 0.15) is 24.0 Å². The van der Waals surface area contributed by atoms with Crippen LogP contribution in [-0.4, -0.2) is 64.9 Å². The zero-order chi connectivity index (χ0) is 19.2. The Hall–Kier alpha value is -2.24. The Kier molecular flexibility index (Phi) is 6.34. The van der Waals surface area contributed by atoms with Gasteiger partial charge in [0.2, 0.25) is 5.91 Å². The molecule has 4 rings (SSSR count). The third-order valence-corrected chi connectivity index (χ3v) is 6.00. The Morgan fingerprint density at radius 2 is 1.46 bits per heavy atom. The molecule has 0 aliphatic carbocycles. The van der Waals surface area contributed by atoms with E-state index in [1.807, 2.05) is 18.5 Å². The number of piperidine rings is 1. The highest BCUT2D eigenvalue weighted by atomic mass is 16.2. The molecule has 0 bridgehead atoms. The van der Waals surface area contributed by atoms with E-state index in [2.05, 4.69) is 56.1 Å². The SMILES string of the molecule is O=C(C1CCN(Cc2cccnc2)CC1)N1CCN(Cc2ccccc2)CC1. The van der Waals surface area contributed by atoms with Crippen molar-refractivity contribution < 1.29 is 4.79 Å². The Morgan fingerprint density at radius 1 is 0.821 bits per heavy atom. The average Bonchev–Trinajstić information content (AvgIpc) is 2.76. The molecule has 2 aliphatic heterocycles. The van der Waals surface area contributed by atoms with E-state index in [9.17, 15) is 4.79 Å². The quantitative estimate of drug-likeness (QED) is 0.802. The summed E-state index contributed by atoms with van der Waals surface area (Å²) in [6, 6.07) is 14.7. The van der Waals surface area contributed by atoms with Crippen LogP contribution >= 0.6 is 0 Å². The van der Waals surface area contributed by atoms with Crippen LogP contribution in [0.4, 0.5) is 0 Å². The molecule has 2 aliphatic rings. The predicted octanol–water partition coefficient (Wildman–Crippen LogP) is 2.64. The maximum atomic E-state index is 13.0. The van der Waals surface area contributed by atoms with Crippen LogP contribution in [0.3, 0.4) is 0 Å². The number of aromatic nitrogens is 1. The van der Waals surface area contributed by atoms with E-state index in [-0.39, 0.29) is 5.92 Å². The molecule has 0 unspecified atom stereocenters. The fraction of sp³-hybridized carbons (Fsp3) is 0.478. The Bertz CT molecular complexity index is 672. The van der Waals surface area contributed by atoms with Crippen LogP contribution in [-0.2, 0) is 17.9 Å². The molecule has 1 amide bonds. The van der Waals surface area contributed by atoms with Gasteiger partial charge in [-0.3, -0.25) is 19.6 Å². The highest BCUT2D eigenvalue weighted by Gasteiger charge is 2.30. The molecule has 1 aromatic carbocycles. The molecule has 0 atom stereocenters. The third kappa shape index (κ3) is 4.97. The molecule has 28 heavy (non-hydrogen) atoms. The summed E-state index contributed by atoms with van der Waals surface area (Å²) < 4.78 is 0. The van der Waals surface area contributed by atoms with Crippen molar-refractivity contribution >= 4 is 5.91 Å². The van der Waals surface area contributed by atoms with Gasteiger partial charge in [-0.05, 0) is 43.1 Å². The lowest BCUT2D eigenvalue weighted by atomic mass is 9.94. The molecular formula is C23H30N4O. The average molecular weight is 379 g/mol. The van der Waals surface area contributed by atoms with Crippen LogP contribution in [0.15, 0.2) is 54.9 Å². The standard InChI is InChI=1S/C23H30N4O/c28-23(22-8-11-25(12-9-22)19-21-7-4-10-24-17-21)27-15-13-26(14-16-27)18-20-5-2-1-3-6-20/h1-7,10,17,22H,8-9,11-16,18-19H2. The zero-order valence-corrected chi connectivity index (χ0v) is 16.5. The zero-order valence-electron chi connectivity index (χ0n) is 16.5. The van der Waals surface area contributed by atoms with Crippen LogP contribution in [0.5, 0.6) is 0 Å². The first kappa shape index (κ1) is 19.1. The summed E-state index contributed by atoms with van der Waals surface area (Å²) in [5, 5.41) is 0. The third-order valence-electron chi connectivity index (χ3n) is 6.00. The molecule has 0 spiro atoms. The van der Waals surface area contributed by atoms with E-state index in [0.717, 1.165) is 65.2 Å². The molecule has 2 saturated heterocycles. The first-order valence-corrected chi connectivity index (χ1v) is 10.4. The number of hydrogen-bond acceptors (Lipinski definition) is 4. The minimum Gasteiger partial charge on any atom is -0.340 e. The molecule has 0 N–H and O–H groups in total. The maximum absolute atomic E-state index is 13.0. The largest absolute Gasteiger partial charge is 0.340 e. The summed E-state index contributed by atoms with van der Waals surface area (Å²) in [6.45, 7) is 7.59. The van der Waals surface area contributed by atoms with Crippen LogP contribution in [0.2, 0.25) is 0 Å². The lowest BCUT2D eigenvalue weighted by molar-refractivity contribution is -0.139. The molecule has 2 aromatic rings. The number of pyridine rings is 1. The van der Waals surface area contributed by atoms with Gasteiger partial charge in [-0.25, -0.2) is 0 Å². The van der Waals surface area contributed by atoms with Gasteiger partial charge in [0, 0.05) is 57.6 Å². The molecule has 5 nitrogen and oxygen atoms in total. The highest BCUT2D eigenvalue weighted by molar-refractivity contribution is 5.79. The van der Waals surface area contributed by atoms with Crippen molar-refractivity contribution in [2.24, 2.45) is 5.92 Å². The molecule has 2 fully saturated rings. The van der Waals surface area contributed by atoms with Gasteiger partial charge >= 0.3 is 0 Å². The Balaban J connectivity index is 1.20. The summed E-state index contributed by atoms with van der Waals surface area (Å²) >= 11 is 0. The van der Waals surface area contributed by atoms with Crippen molar-refractivity contribution in [2.75, 3.05) is 39.3 Å². The fourth-order valence-electron chi connectivity index (χ4n) is 4.31. The van der Waals surface area contributed by atoms with Gasteiger partial charge < -0.3 is 4.90 Å². The number of carbonyl (C=O) groups is 1. The molecular weight excluding hydrogens is 348 g/mol. The second kappa shape index (κ2) is 9.30. The van der Waals surface area contributed by atoms with E-state index in [0.29, 0.717) is 5.91 Å². The molecule has 0 saturated carbocycles. The van der Waals surface area contributed by atoms with Gasteiger partial charge in [-0.15, -0.1) is 0 Å². The van der Waals surface area contributed by atoms with E-state index in [1.54, 1.807) is 0 Å². The van der Waals surface area contributed by atoms with E-state index < -0.39 is 0 Å². The molecule has 5 heteroatoms. The number of likely N-dealkylation sites (tertiary alicyclic amines) is 1. The molecule has 1 aromatic heterocycles. The number of carbonyl (C=O) groups excluding carboxylic acids is 1. The number of hydrogen-bond donors (Lipinski definition) is 0. The Labute approximate surface area is 168 Å². The lowest BCUT2D eigenvalue weighted by Crippen LogP contribution is -2.51. The van der Waals surface area contributed by atoms with Crippen LogP contribution in [0, 0.1) is 5.92 Å². The minimum absolute atomic E-state index is 0.200. The second-order valence-corrected chi connectivity index (χ2v) is 8.00. The minimum atomic E-state index is 0.200. The van der Waals surface area contributed by atoms with Crippen molar-refractivity contribution in [1.29, 1.82) is 0 Å². The number of piperazine rings is 1. The van der Waals surface area contributed by atoms with Gasteiger partial charge in [-0.2, -0.15) is 0 Å². The topological polar surface area (TPSA) is 39.7 Å². The van der Waals surface area contributed by atoms with Crippen molar-refractivity contribution in [1.82, 2.24) is 19.7 Å². The van der Waals surface area contributed by atoms with Crippen molar-refractivity contribution in [2.45, 2.75) is 25.9 Å². The predicted molar refractivity (Wildman–Crippen MR) is 111 cm³/mol. The van der Waals surface area contributed by atoms with E-state index in [4.69, 9.17) is 0 Å². The summed E-state index contributed by atoms with van der Waals surface area (Å²) in [6.07, 6.45) is 5.70. The summed E-state index contributed by atoms with van der Waals surface area (Å²) in [5.41, 5.74) is 2.60. The van der Waals surface area contributed by atoms with Gasteiger partial charge in [0.25, 0.3) is 0 Å². The Morgan fingerprint density at radius 3 is 2.14 bits per heavy atom. The second-order valence-electron chi connectivity index (χ2n) is 8.00. The van der Waals surface area contributed by atoms with Crippen LogP contribution in [0.25, 0.3) is 0 Å². The van der Waals surface area contributed by atoms with Gasteiger partial charge in [0.1, 0.15) is 0 Å². The first-order chi connectivity index (χ1) is 13.8.